The largest absolute Gasteiger partial charge is 0.332 e. The number of hydrogen-bond donors (Lipinski definition) is 1. The molecule has 3 aromatic carbocycles. The fourth-order valence-electron chi connectivity index (χ4n) is 3.01. The van der Waals surface area contributed by atoms with Crippen molar-refractivity contribution < 1.29 is 18.0 Å². The first kappa shape index (κ1) is 21.5. The molecular formula is C22H23N3O4S. The molecule has 3 rings (SSSR count). The van der Waals surface area contributed by atoms with Gasteiger partial charge < -0.3 is 10.2 Å². The number of carbonyl (C=O) groups is 2. The Morgan fingerprint density at radius 3 is 2.17 bits per heavy atom. The van der Waals surface area contributed by atoms with Gasteiger partial charge in [-0.25, -0.2) is 12.7 Å². The van der Waals surface area contributed by atoms with E-state index in [1.807, 2.05) is 42.5 Å². The molecule has 7 nitrogen and oxygen atoms in total. The summed E-state index contributed by atoms with van der Waals surface area (Å²) in [5.41, 5.74) is 0.977. The maximum Gasteiger partial charge on any atom is 0.254 e. The number of benzene rings is 3. The van der Waals surface area contributed by atoms with Gasteiger partial charge in [0.05, 0.1) is 11.4 Å². The lowest BCUT2D eigenvalue weighted by molar-refractivity contribution is -0.116. The highest BCUT2D eigenvalue weighted by molar-refractivity contribution is 7.89. The summed E-state index contributed by atoms with van der Waals surface area (Å²) in [6.45, 7) is -0.139. The number of hydrogen-bond acceptors (Lipinski definition) is 4. The zero-order valence-corrected chi connectivity index (χ0v) is 17.8. The van der Waals surface area contributed by atoms with Crippen LogP contribution in [0.15, 0.2) is 71.6 Å². The van der Waals surface area contributed by atoms with E-state index in [9.17, 15) is 18.0 Å². The minimum absolute atomic E-state index is 0.0976. The fourth-order valence-corrected chi connectivity index (χ4v) is 3.91. The summed E-state index contributed by atoms with van der Waals surface area (Å²) in [6.07, 6.45) is 0. The Hall–Kier alpha value is -3.23. The van der Waals surface area contributed by atoms with Crippen LogP contribution in [0.2, 0.25) is 0 Å². The number of fused-ring (bicyclic) bond motifs is 1. The first-order valence-corrected chi connectivity index (χ1v) is 10.7. The Morgan fingerprint density at radius 2 is 1.50 bits per heavy atom. The van der Waals surface area contributed by atoms with Crippen molar-refractivity contribution >= 4 is 38.3 Å². The molecule has 30 heavy (non-hydrogen) atoms. The molecule has 0 aliphatic heterocycles. The van der Waals surface area contributed by atoms with Crippen LogP contribution in [0.5, 0.6) is 0 Å². The van der Waals surface area contributed by atoms with Crippen LogP contribution in [-0.4, -0.2) is 57.1 Å². The van der Waals surface area contributed by atoms with E-state index in [0.29, 0.717) is 11.3 Å². The summed E-state index contributed by atoms with van der Waals surface area (Å²) >= 11 is 0. The number of rotatable bonds is 6. The normalized spacial score (nSPS) is 11.5. The topological polar surface area (TPSA) is 86.8 Å². The predicted molar refractivity (Wildman–Crippen MR) is 117 cm³/mol. The second kappa shape index (κ2) is 8.64. The minimum Gasteiger partial charge on any atom is -0.332 e. The maximum atomic E-state index is 12.6. The van der Waals surface area contributed by atoms with Crippen molar-refractivity contribution in [2.24, 2.45) is 0 Å². The predicted octanol–water partition coefficient (Wildman–Crippen LogP) is 2.80. The standard InChI is InChI=1S/C22H23N3O4S/c1-24(2)30(28,29)18-13-11-17(12-14-18)22(27)25(3)15-21(26)23-20-10-6-8-16-7-4-5-9-19(16)20/h4-14H,15H2,1-3H3,(H,23,26). The lowest BCUT2D eigenvalue weighted by Gasteiger charge is -2.18. The molecule has 3 aromatic rings. The third-order valence-electron chi connectivity index (χ3n) is 4.67. The molecule has 0 fully saturated rings. The van der Waals surface area contributed by atoms with Gasteiger partial charge in [-0.3, -0.25) is 9.59 Å². The Kier molecular flexibility index (Phi) is 6.19. The summed E-state index contributed by atoms with van der Waals surface area (Å²) in [5.74, 6) is -0.703. The van der Waals surface area contributed by atoms with E-state index in [4.69, 9.17) is 0 Å². The van der Waals surface area contributed by atoms with Crippen molar-refractivity contribution in [3.8, 4) is 0 Å². The van der Waals surface area contributed by atoms with Crippen LogP contribution in [0.3, 0.4) is 0 Å². The molecule has 0 heterocycles. The van der Waals surface area contributed by atoms with Gasteiger partial charge in [-0.2, -0.15) is 0 Å². The monoisotopic (exact) mass is 425 g/mol. The number of nitrogens with zero attached hydrogens (tertiary/aromatic N) is 2. The summed E-state index contributed by atoms with van der Waals surface area (Å²) in [6, 6.07) is 19.0. The maximum absolute atomic E-state index is 12.6. The summed E-state index contributed by atoms with van der Waals surface area (Å²) in [7, 11) is 0.839. The molecule has 0 bridgehead atoms. The van der Waals surface area contributed by atoms with Gasteiger partial charge >= 0.3 is 0 Å². The van der Waals surface area contributed by atoms with E-state index in [2.05, 4.69) is 5.32 Å². The lowest BCUT2D eigenvalue weighted by Crippen LogP contribution is -2.35. The number of carbonyl (C=O) groups excluding carboxylic acids is 2. The third-order valence-corrected chi connectivity index (χ3v) is 6.50. The number of likely N-dealkylation sites (N-methyl/N-ethyl adjacent to an activating group) is 1. The van der Waals surface area contributed by atoms with Gasteiger partial charge in [0.25, 0.3) is 5.91 Å². The van der Waals surface area contributed by atoms with Crippen LogP contribution in [0, 0.1) is 0 Å². The highest BCUT2D eigenvalue weighted by Gasteiger charge is 2.19. The van der Waals surface area contributed by atoms with Gasteiger partial charge in [-0.1, -0.05) is 36.4 Å². The SMILES string of the molecule is CN(CC(=O)Nc1cccc2ccccc12)C(=O)c1ccc(S(=O)(=O)N(C)C)cc1. The smallest absolute Gasteiger partial charge is 0.254 e. The molecule has 0 aliphatic carbocycles. The minimum atomic E-state index is -3.57. The van der Waals surface area contributed by atoms with Gasteiger partial charge in [0.1, 0.15) is 0 Å². The van der Waals surface area contributed by atoms with Gasteiger partial charge in [-0.15, -0.1) is 0 Å². The van der Waals surface area contributed by atoms with Gasteiger partial charge in [-0.05, 0) is 35.7 Å². The van der Waals surface area contributed by atoms with Crippen molar-refractivity contribution in [1.29, 1.82) is 0 Å². The third kappa shape index (κ3) is 4.50. The van der Waals surface area contributed by atoms with E-state index in [0.717, 1.165) is 15.1 Å². The van der Waals surface area contributed by atoms with Crippen molar-refractivity contribution in [2.45, 2.75) is 4.90 Å². The fraction of sp³-hybridized carbons (Fsp3) is 0.182. The molecule has 156 valence electrons. The van der Waals surface area contributed by atoms with E-state index >= 15 is 0 Å². The van der Waals surface area contributed by atoms with Crippen LogP contribution in [-0.2, 0) is 14.8 Å². The number of sulfonamides is 1. The Balaban J connectivity index is 1.68. The van der Waals surface area contributed by atoms with Crippen molar-refractivity contribution in [3.05, 3.63) is 72.3 Å². The molecule has 0 saturated carbocycles. The van der Waals surface area contributed by atoms with Crippen LogP contribution in [0.25, 0.3) is 10.8 Å². The Labute approximate surface area is 176 Å². The van der Waals surface area contributed by atoms with Crippen molar-refractivity contribution in [2.75, 3.05) is 33.0 Å². The van der Waals surface area contributed by atoms with E-state index < -0.39 is 10.0 Å². The highest BCUT2D eigenvalue weighted by atomic mass is 32.2. The average Bonchev–Trinajstić information content (AvgIpc) is 2.73. The molecular weight excluding hydrogens is 402 g/mol. The number of anilines is 1. The quantitative estimate of drug-likeness (QED) is 0.658. The Morgan fingerprint density at radius 1 is 0.867 bits per heavy atom. The Bertz CT molecular complexity index is 1180. The van der Waals surface area contributed by atoms with Crippen LogP contribution >= 0.6 is 0 Å². The molecule has 0 spiro atoms. The van der Waals surface area contributed by atoms with Crippen LogP contribution in [0.1, 0.15) is 10.4 Å². The van der Waals surface area contributed by atoms with Crippen molar-refractivity contribution in [1.82, 2.24) is 9.21 Å². The second-order valence-corrected chi connectivity index (χ2v) is 9.20. The molecule has 0 aromatic heterocycles. The first-order valence-electron chi connectivity index (χ1n) is 9.26. The molecule has 2 amide bonds. The van der Waals surface area contributed by atoms with E-state index in [1.54, 1.807) is 0 Å². The average molecular weight is 426 g/mol. The summed E-state index contributed by atoms with van der Waals surface area (Å²) < 4.78 is 25.4. The summed E-state index contributed by atoms with van der Waals surface area (Å²) in [5, 5.41) is 4.77. The number of amides is 2. The molecule has 0 aliphatic rings. The molecule has 0 radical (unpaired) electrons. The first-order chi connectivity index (χ1) is 14.2. The van der Waals surface area contributed by atoms with Gasteiger partial charge in [0, 0.05) is 37.8 Å². The molecule has 0 saturated heterocycles. The molecule has 0 unspecified atom stereocenters. The highest BCUT2D eigenvalue weighted by Crippen LogP contribution is 2.23. The second-order valence-electron chi connectivity index (χ2n) is 7.05. The van der Waals surface area contributed by atoms with Gasteiger partial charge in [0.2, 0.25) is 15.9 Å². The lowest BCUT2D eigenvalue weighted by atomic mass is 10.1. The molecule has 8 heteroatoms. The molecule has 1 N–H and O–H groups in total. The van der Waals surface area contributed by atoms with E-state index in [-0.39, 0.29) is 23.3 Å². The van der Waals surface area contributed by atoms with Gasteiger partial charge in [0.15, 0.2) is 0 Å². The zero-order valence-electron chi connectivity index (χ0n) is 17.0. The zero-order chi connectivity index (χ0) is 21.9. The summed E-state index contributed by atoms with van der Waals surface area (Å²) in [4.78, 5) is 26.5. The van der Waals surface area contributed by atoms with E-state index in [1.165, 1.54) is 50.3 Å². The van der Waals surface area contributed by atoms with Crippen molar-refractivity contribution in [3.63, 3.8) is 0 Å². The van der Waals surface area contributed by atoms with Crippen LogP contribution in [0.4, 0.5) is 5.69 Å². The molecule has 0 atom stereocenters. The number of nitrogens with one attached hydrogen (secondary N) is 1. The van der Waals surface area contributed by atoms with Crippen LogP contribution < -0.4 is 5.32 Å².